The first-order chi connectivity index (χ1) is 4.86. The number of aryl methyl sites for hydroxylation is 1. The van der Waals surface area contributed by atoms with E-state index in [2.05, 4.69) is 10.1 Å². The molecule has 2 rings (SSSR count). The Hall–Kier alpha value is -1.38. The molecule has 2 aromatic rings. The zero-order valence-corrected chi connectivity index (χ0v) is 5.65. The van der Waals surface area contributed by atoms with Crippen LogP contribution in [0.4, 0.5) is 0 Å². The summed E-state index contributed by atoms with van der Waals surface area (Å²) < 4.78 is 1.78. The van der Waals surface area contributed by atoms with Gasteiger partial charge in [0, 0.05) is 31.0 Å². The van der Waals surface area contributed by atoms with Crippen LogP contribution in [0.25, 0.3) is 10.9 Å². The van der Waals surface area contributed by atoms with Gasteiger partial charge in [-0.1, -0.05) is 0 Å². The van der Waals surface area contributed by atoms with Crippen LogP contribution in [0.3, 0.4) is 0 Å². The Morgan fingerprint density at radius 1 is 1.50 bits per heavy atom. The highest BCUT2D eigenvalue weighted by atomic mass is 15.2. The van der Waals surface area contributed by atoms with E-state index < -0.39 is 0 Å². The lowest BCUT2D eigenvalue weighted by atomic mass is 10.3. The summed E-state index contributed by atoms with van der Waals surface area (Å²) in [5, 5.41) is 5.28. The highest BCUT2D eigenvalue weighted by Gasteiger charge is 1.93. The first-order valence-electron chi connectivity index (χ1n) is 3.09. The van der Waals surface area contributed by atoms with Crippen molar-refractivity contribution in [2.24, 2.45) is 7.05 Å². The van der Waals surface area contributed by atoms with Gasteiger partial charge in [0.05, 0.1) is 5.52 Å². The molecule has 0 amide bonds. The van der Waals surface area contributed by atoms with Crippen molar-refractivity contribution in [2.45, 2.75) is 0 Å². The topological polar surface area (TPSA) is 30.7 Å². The molecule has 0 unspecified atom stereocenters. The molecular weight excluding hydrogens is 126 g/mol. The molecular formula is C7H7N3. The minimum Gasteiger partial charge on any atom is -0.275 e. The van der Waals surface area contributed by atoms with Gasteiger partial charge in [-0.25, -0.2) is 0 Å². The summed E-state index contributed by atoms with van der Waals surface area (Å²) in [7, 11) is 1.90. The number of rotatable bonds is 0. The number of nitrogens with zero attached hydrogens (tertiary/aromatic N) is 3. The van der Waals surface area contributed by atoms with E-state index in [4.69, 9.17) is 0 Å². The average molecular weight is 133 g/mol. The van der Waals surface area contributed by atoms with E-state index in [1.54, 1.807) is 10.9 Å². The summed E-state index contributed by atoms with van der Waals surface area (Å²) in [4.78, 5) is 3.97. The first kappa shape index (κ1) is 5.41. The van der Waals surface area contributed by atoms with Crippen molar-refractivity contribution in [1.29, 1.82) is 0 Å². The molecule has 0 N–H and O–H groups in total. The molecule has 0 saturated carbocycles. The molecule has 0 spiro atoms. The van der Waals surface area contributed by atoms with Crippen molar-refractivity contribution in [2.75, 3.05) is 0 Å². The van der Waals surface area contributed by atoms with Gasteiger partial charge >= 0.3 is 0 Å². The molecule has 2 aromatic heterocycles. The van der Waals surface area contributed by atoms with Crippen molar-refractivity contribution >= 4 is 10.9 Å². The molecule has 3 nitrogen and oxygen atoms in total. The zero-order valence-electron chi connectivity index (χ0n) is 5.65. The van der Waals surface area contributed by atoms with Crippen molar-refractivity contribution in [3.8, 4) is 0 Å². The van der Waals surface area contributed by atoms with Crippen LogP contribution in [-0.4, -0.2) is 14.8 Å². The number of hydrogen-bond donors (Lipinski definition) is 0. The number of hydrogen-bond acceptors (Lipinski definition) is 2. The fraction of sp³-hybridized carbons (Fsp3) is 0.143. The molecule has 3 heteroatoms. The predicted molar refractivity (Wildman–Crippen MR) is 38.5 cm³/mol. The Labute approximate surface area is 58.3 Å². The van der Waals surface area contributed by atoms with E-state index in [0.29, 0.717) is 0 Å². The number of pyridine rings is 1. The molecule has 50 valence electrons. The van der Waals surface area contributed by atoms with E-state index in [1.807, 2.05) is 25.5 Å². The maximum Gasteiger partial charge on any atom is 0.0954 e. The molecule has 0 bridgehead atoms. The predicted octanol–water partition coefficient (Wildman–Crippen LogP) is 0.968. The minimum absolute atomic E-state index is 0.998. The highest BCUT2D eigenvalue weighted by Crippen LogP contribution is 2.07. The Bertz CT molecular complexity index is 317. The Morgan fingerprint density at radius 2 is 2.40 bits per heavy atom. The molecule has 0 aliphatic rings. The maximum absolute atomic E-state index is 4.19. The Morgan fingerprint density at radius 3 is 3.20 bits per heavy atom. The van der Waals surface area contributed by atoms with Crippen molar-refractivity contribution in [1.82, 2.24) is 14.8 Å². The smallest absolute Gasteiger partial charge is 0.0954 e. The molecule has 0 saturated heterocycles. The molecule has 0 aliphatic heterocycles. The van der Waals surface area contributed by atoms with Crippen molar-refractivity contribution < 1.29 is 0 Å². The zero-order chi connectivity index (χ0) is 6.97. The molecule has 0 aliphatic carbocycles. The van der Waals surface area contributed by atoms with E-state index in [-0.39, 0.29) is 0 Å². The fourth-order valence-electron chi connectivity index (χ4n) is 0.990. The van der Waals surface area contributed by atoms with Gasteiger partial charge in [0.2, 0.25) is 0 Å². The Balaban J connectivity index is 2.88. The quantitative estimate of drug-likeness (QED) is 0.536. The van der Waals surface area contributed by atoms with Crippen LogP contribution in [0.2, 0.25) is 0 Å². The van der Waals surface area contributed by atoms with Crippen LogP contribution < -0.4 is 0 Å². The molecule has 0 fully saturated rings. The van der Waals surface area contributed by atoms with Gasteiger partial charge in [-0.2, -0.15) is 5.10 Å². The van der Waals surface area contributed by atoms with Crippen LogP contribution in [-0.2, 0) is 7.05 Å². The normalized spacial score (nSPS) is 10.5. The fourth-order valence-corrected chi connectivity index (χ4v) is 0.990. The van der Waals surface area contributed by atoms with Crippen molar-refractivity contribution in [3.63, 3.8) is 0 Å². The second kappa shape index (κ2) is 1.80. The summed E-state index contributed by atoms with van der Waals surface area (Å²) >= 11 is 0. The second-order valence-corrected chi connectivity index (χ2v) is 2.24. The summed E-state index contributed by atoms with van der Waals surface area (Å²) in [5.74, 6) is 0. The molecule has 0 radical (unpaired) electrons. The molecule has 2 heterocycles. The van der Waals surface area contributed by atoms with E-state index in [9.17, 15) is 0 Å². The largest absolute Gasteiger partial charge is 0.275 e. The third-order valence-electron chi connectivity index (χ3n) is 1.42. The number of fused-ring (bicyclic) bond motifs is 1. The summed E-state index contributed by atoms with van der Waals surface area (Å²) in [6, 6.07) is 1.90. The highest BCUT2D eigenvalue weighted by molar-refractivity contribution is 5.76. The third kappa shape index (κ3) is 0.673. The van der Waals surface area contributed by atoms with E-state index in [1.165, 1.54) is 0 Å². The van der Waals surface area contributed by atoms with Gasteiger partial charge in [0.15, 0.2) is 0 Å². The molecule has 10 heavy (non-hydrogen) atoms. The Kier molecular flexibility index (Phi) is 0.974. The molecule has 0 aromatic carbocycles. The third-order valence-corrected chi connectivity index (χ3v) is 1.42. The van der Waals surface area contributed by atoms with E-state index in [0.717, 1.165) is 10.9 Å². The van der Waals surface area contributed by atoms with Gasteiger partial charge in [0.25, 0.3) is 0 Å². The SMILES string of the molecule is Cn1cc2cnccc2n1. The second-order valence-electron chi connectivity index (χ2n) is 2.24. The molecule has 0 atom stereocenters. The van der Waals surface area contributed by atoms with E-state index >= 15 is 0 Å². The average Bonchev–Trinajstić information content (AvgIpc) is 2.27. The van der Waals surface area contributed by atoms with Crippen LogP contribution in [0, 0.1) is 0 Å². The minimum atomic E-state index is 0.998. The van der Waals surface area contributed by atoms with Gasteiger partial charge in [-0.05, 0) is 6.07 Å². The van der Waals surface area contributed by atoms with Crippen LogP contribution in [0.5, 0.6) is 0 Å². The summed E-state index contributed by atoms with van der Waals surface area (Å²) in [6.07, 6.45) is 5.50. The lowest BCUT2D eigenvalue weighted by molar-refractivity contribution is 0.780. The van der Waals surface area contributed by atoms with Crippen LogP contribution in [0.1, 0.15) is 0 Å². The number of aromatic nitrogens is 3. The standard InChI is InChI=1S/C7H7N3/c1-10-5-6-4-8-3-2-7(6)9-10/h2-5H,1H3. The van der Waals surface area contributed by atoms with Gasteiger partial charge in [-0.15, -0.1) is 0 Å². The lowest BCUT2D eigenvalue weighted by Crippen LogP contribution is -1.84. The first-order valence-corrected chi connectivity index (χ1v) is 3.09. The van der Waals surface area contributed by atoms with Gasteiger partial charge < -0.3 is 0 Å². The van der Waals surface area contributed by atoms with Gasteiger partial charge in [-0.3, -0.25) is 9.67 Å². The summed E-state index contributed by atoms with van der Waals surface area (Å²) in [5.41, 5.74) is 0.998. The van der Waals surface area contributed by atoms with Gasteiger partial charge in [0.1, 0.15) is 0 Å². The summed E-state index contributed by atoms with van der Waals surface area (Å²) in [6.45, 7) is 0. The maximum atomic E-state index is 4.19. The van der Waals surface area contributed by atoms with Crippen molar-refractivity contribution in [3.05, 3.63) is 24.7 Å². The monoisotopic (exact) mass is 133 g/mol. The lowest BCUT2D eigenvalue weighted by Gasteiger charge is -1.80. The van der Waals surface area contributed by atoms with Crippen LogP contribution >= 0.6 is 0 Å². The van der Waals surface area contributed by atoms with Crippen LogP contribution in [0.15, 0.2) is 24.7 Å².